The summed E-state index contributed by atoms with van der Waals surface area (Å²) in [6.07, 6.45) is 1.04. The number of anilines is 1. The molecule has 110 valence electrons. The molecule has 0 aliphatic carbocycles. The van der Waals surface area contributed by atoms with E-state index in [4.69, 9.17) is 10.5 Å². The molecule has 5 nitrogen and oxygen atoms in total. The molecular weight excluding hydrogens is 254 g/mol. The van der Waals surface area contributed by atoms with Crippen LogP contribution in [0.4, 0.5) is 5.69 Å². The van der Waals surface area contributed by atoms with Crippen LogP contribution in [0.5, 0.6) is 0 Å². The number of hydrazine groups is 1. The molecule has 0 radical (unpaired) electrons. The molecule has 1 fully saturated rings. The van der Waals surface area contributed by atoms with Crippen molar-refractivity contribution in [3.05, 3.63) is 29.8 Å². The Bertz CT molecular complexity index is 447. The first-order valence-corrected chi connectivity index (χ1v) is 7.19. The molecule has 5 heteroatoms. The van der Waals surface area contributed by atoms with Crippen molar-refractivity contribution in [3.63, 3.8) is 0 Å². The second kappa shape index (κ2) is 6.72. The second-order valence-electron chi connectivity index (χ2n) is 4.96. The molecule has 0 aromatic heterocycles. The Kier molecular flexibility index (Phi) is 4.98. The molecule has 1 unspecified atom stereocenters. The van der Waals surface area contributed by atoms with Gasteiger partial charge < -0.3 is 10.5 Å². The van der Waals surface area contributed by atoms with Crippen LogP contribution in [0.1, 0.15) is 30.6 Å². The van der Waals surface area contributed by atoms with Crippen LogP contribution in [0.25, 0.3) is 0 Å². The molecule has 1 aliphatic rings. The van der Waals surface area contributed by atoms with Crippen LogP contribution in [0.3, 0.4) is 0 Å². The lowest BCUT2D eigenvalue weighted by molar-refractivity contribution is -0.0182. The molecule has 1 heterocycles. The number of ether oxygens (including phenoxy) is 1. The number of rotatable bonds is 5. The van der Waals surface area contributed by atoms with Gasteiger partial charge in [0.1, 0.15) is 6.61 Å². The van der Waals surface area contributed by atoms with E-state index < -0.39 is 0 Å². The molecule has 1 aromatic carbocycles. The Hall–Kier alpha value is -1.59. The Morgan fingerprint density at radius 2 is 2.00 bits per heavy atom. The normalized spacial score (nSPS) is 20.2. The molecule has 0 bridgehead atoms. The smallest absolute Gasteiger partial charge is 0.338 e. The van der Waals surface area contributed by atoms with Gasteiger partial charge in [0, 0.05) is 25.3 Å². The number of nitrogens with zero attached hydrogens (tertiary/aromatic N) is 2. The van der Waals surface area contributed by atoms with Crippen molar-refractivity contribution < 1.29 is 9.53 Å². The quantitative estimate of drug-likeness (QED) is 0.656. The number of esters is 1. The van der Waals surface area contributed by atoms with Gasteiger partial charge in [-0.15, -0.1) is 0 Å². The second-order valence-corrected chi connectivity index (χ2v) is 4.96. The zero-order chi connectivity index (χ0) is 14.5. The third-order valence-electron chi connectivity index (χ3n) is 3.75. The minimum Gasteiger partial charge on any atom is -0.460 e. The molecule has 0 spiro atoms. The lowest BCUT2D eigenvalue weighted by Crippen LogP contribution is -2.42. The van der Waals surface area contributed by atoms with Crippen molar-refractivity contribution in [2.75, 3.05) is 32.0 Å². The van der Waals surface area contributed by atoms with E-state index in [2.05, 4.69) is 23.9 Å². The predicted octanol–water partition coefficient (Wildman–Crippen LogP) is 1.76. The van der Waals surface area contributed by atoms with Crippen LogP contribution in [-0.4, -0.2) is 48.3 Å². The maximum Gasteiger partial charge on any atom is 0.338 e. The van der Waals surface area contributed by atoms with E-state index >= 15 is 0 Å². The Morgan fingerprint density at radius 1 is 1.30 bits per heavy atom. The van der Waals surface area contributed by atoms with E-state index in [0.29, 0.717) is 17.9 Å². The first-order valence-electron chi connectivity index (χ1n) is 7.19. The molecule has 2 rings (SSSR count). The first-order chi connectivity index (χ1) is 9.65. The van der Waals surface area contributed by atoms with Gasteiger partial charge in [-0.2, -0.15) is 0 Å². The van der Waals surface area contributed by atoms with Crippen molar-refractivity contribution in [1.82, 2.24) is 10.0 Å². The third-order valence-corrected chi connectivity index (χ3v) is 3.75. The van der Waals surface area contributed by atoms with E-state index in [1.165, 1.54) is 0 Å². The van der Waals surface area contributed by atoms with Gasteiger partial charge in [0.15, 0.2) is 0 Å². The molecule has 1 aliphatic heterocycles. The topological polar surface area (TPSA) is 58.8 Å². The van der Waals surface area contributed by atoms with E-state index in [0.717, 1.165) is 26.1 Å². The van der Waals surface area contributed by atoms with E-state index in [1.807, 2.05) is 0 Å². The fourth-order valence-electron chi connectivity index (χ4n) is 2.65. The Balaban J connectivity index is 1.88. The van der Waals surface area contributed by atoms with Crippen LogP contribution in [-0.2, 0) is 4.74 Å². The van der Waals surface area contributed by atoms with Gasteiger partial charge in [0.05, 0.1) is 11.6 Å². The largest absolute Gasteiger partial charge is 0.460 e. The van der Waals surface area contributed by atoms with Gasteiger partial charge in [-0.3, -0.25) is 0 Å². The molecule has 1 aromatic rings. The fourth-order valence-corrected chi connectivity index (χ4v) is 2.65. The van der Waals surface area contributed by atoms with Crippen LogP contribution >= 0.6 is 0 Å². The predicted molar refractivity (Wildman–Crippen MR) is 79.2 cm³/mol. The number of nitrogen functional groups attached to an aromatic ring is 1. The monoisotopic (exact) mass is 277 g/mol. The van der Waals surface area contributed by atoms with Crippen LogP contribution in [0, 0.1) is 0 Å². The summed E-state index contributed by atoms with van der Waals surface area (Å²) >= 11 is 0. The van der Waals surface area contributed by atoms with Gasteiger partial charge in [-0.25, -0.2) is 14.8 Å². The average Bonchev–Trinajstić information content (AvgIpc) is 2.87. The van der Waals surface area contributed by atoms with Gasteiger partial charge >= 0.3 is 5.97 Å². The summed E-state index contributed by atoms with van der Waals surface area (Å²) in [4.78, 5) is 12.0. The number of likely N-dealkylation sites (N-methyl/N-ethyl adjacent to an activating group) is 1. The first kappa shape index (κ1) is 14.8. The number of carbonyl (C=O) groups excluding carboxylic acids is 1. The highest BCUT2D eigenvalue weighted by molar-refractivity contribution is 5.89. The lowest BCUT2D eigenvalue weighted by atomic mass is 10.2. The van der Waals surface area contributed by atoms with Crippen LogP contribution in [0.2, 0.25) is 0 Å². The molecule has 2 N–H and O–H groups in total. The Morgan fingerprint density at radius 3 is 2.60 bits per heavy atom. The zero-order valence-corrected chi connectivity index (χ0v) is 12.2. The maximum atomic E-state index is 12.0. The molecule has 20 heavy (non-hydrogen) atoms. The molecule has 1 saturated heterocycles. The highest BCUT2D eigenvalue weighted by Gasteiger charge is 2.30. The Labute approximate surface area is 120 Å². The number of carbonyl (C=O) groups is 1. The number of hydrogen-bond acceptors (Lipinski definition) is 5. The molecular formula is C15H23N3O2. The van der Waals surface area contributed by atoms with E-state index in [9.17, 15) is 4.79 Å². The average molecular weight is 277 g/mol. The standard InChI is InChI=1S/C15H23N3O2/c1-3-17-10-9-14(18(17)4-2)11-20-15(19)12-5-7-13(16)8-6-12/h5-8,14H,3-4,9-11,16H2,1-2H3. The van der Waals surface area contributed by atoms with Crippen molar-refractivity contribution >= 4 is 11.7 Å². The molecule has 1 atom stereocenters. The summed E-state index contributed by atoms with van der Waals surface area (Å²) in [7, 11) is 0. The molecule has 0 saturated carbocycles. The van der Waals surface area contributed by atoms with Crippen molar-refractivity contribution in [3.8, 4) is 0 Å². The van der Waals surface area contributed by atoms with E-state index in [1.54, 1.807) is 24.3 Å². The van der Waals surface area contributed by atoms with Crippen molar-refractivity contribution in [2.45, 2.75) is 26.3 Å². The van der Waals surface area contributed by atoms with Crippen LogP contribution in [0.15, 0.2) is 24.3 Å². The fraction of sp³-hybridized carbons (Fsp3) is 0.533. The maximum absolute atomic E-state index is 12.0. The van der Waals surface area contributed by atoms with Gasteiger partial charge in [0.2, 0.25) is 0 Å². The minimum atomic E-state index is -0.281. The molecule has 0 amide bonds. The van der Waals surface area contributed by atoms with Crippen molar-refractivity contribution in [1.29, 1.82) is 0 Å². The number of benzene rings is 1. The highest BCUT2D eigenvalue weighted by atomic mass is 16.5. The number of hydrogen-bond donors (Lipinski definition) is 1. The van der Waals surface area contributed by atoms with Crippen molar-refractivity contribution in [2.24, 2.45) is 0 Å². The minimum absolute atomic E-state index is 0.281. The lowest BCUT2D eigenvalue weighted by Gasteiger charge is -2.30. The third kappa shape index (κ3) is 3.29. The zero-order valence-electron chi connectivity index (χ0n) is 12.2. The van der Waals surface area contributed by atoms with E-state index in [-0.39, 0.29) is 12.0 Å². The number of nitrogens with two attached hydrogens (primary N) is 1. The summed E-state index contributed by atoms with van der Waals surface area (Å²) < 4.78 is 5.43. The summed E-state index contributed by atoms with van der Waals surface area (Å²) in [6.45, 7) is 7.68. The summed E-state index contributed by atoms with van der Waals surface area (Å²) in [5, 5.41) is 4.60. The van der Waals surface area contributed by atoms with Gasteiger partial charge in [-0.1, -0.05) is 13.8 Å². The van der Waals surface area contributed by atoms with Crippen LogP contribution < -0.4 is 5.73 Å². The van der Waals surface area contributed by atoms with Gasteiger partial charge in [-0.05, 0) is 30.7 Å². The summed E-state index contributed by atoms with van der Waals surface area (Å²) in [5.74, 6) is -0.281. The summed E-state index contributed by atoms with van der Waals surface area (Å²) in [6, 6.07) is 7.11. The summed E-state index contributed by atoms with van der Waals surface area (Å²) in [5.41, 5.74) is 6.80. The highest BCUT2D eigenvalue weighted by Crippen LogP contribution is 2.18. The van der Waals surface area contributed by atoms with Gasteiger partial charge in [0.25, 0.3) is 0 Å². The SMILES string of the molecule is CCN1CCC(COC(=O)c2ccc(N)cc2)N1CC.